The van der Waals surface area contributed by atoms with Crippen LogP contribution in [0.25, 0.3) is 11.4 Å². The molecule has 1 aliphatic rings. The van der Waals surface area contributed by atoms with E-state index in [0.717, 1.165) is 37.1 Å². The Morgan fingerprint density at radius 2 is 1.88 bits per heavy atom. The van der Waals surface area contributed by atoms with Crippen LogP contribution in [0.4, 0.5) is 13.2 Å². The molecular weight excluding hydrogens is 451 g/mol. The summed E-state index contributed by atoms with van der Waals surface area (Å²) in [5.74, 6) is -0.0646. The Balaban J connectivity index is 1.46. The van der Waals surface area contributed by atoms with Crippen LogP contribution >= 0.6 is 0 Å². The Labute approximate surface area is 180 Å². The number of alkyl halides is 3. The van der Waals surface area contributed by atoms with Crippen molar-refractivity contribution >= 4 is 10.0 Å². The molecule has 3 aromatic rings. The molecule has 4 rings (SSSR count). The van der Waals surface area contributed by atoms with Crippen LogP contribution in [0.15, 0.2) is 58.5 Å². The van der Waals surface area contributed by atoms with Gasteiger partial charge < -0.3 is 4.74 Å². The van der Waals surface area contributed by atoms with Gasteiger partial charge in [0.05, 0.1) is 11.4 Å². The summed E-state index contributed by atoms with van der Waals surface area (Å²) in [7, 11) is -4.01. The van der Waals surface area contributed by atoms with Crippen molar-refractivity contribution in [2.45, 2.75) is 36.7 Å². The fourth-order valence-corrected chi connectivity index (χ4v) is 4.13. The normalized spacial score (nSPS) is 14.5. The summed E-state index contributed by atoms with van der Waals surface area (Å²) >= 11 is 0. The Hall–Kier alpha value is -3.19. The van der Waals surface area contributed by atoms with Crippen molar-refractivity contribution in [3.63, 3.8) is 0 Å². The van der Waals surface area contributed by atoms with Crippen LogP contribution in [0.1, 0.15) is 18.9 Å². The first-order chi connectivity index (χ1) is 15.1. The first-order valence-electron chi connectivity index (χ1n) is 9.59. The molecule has 9 nitrogen and oxygen atoms in total. The van der Waals surface area contributed by atoms with Crippen molar-refractivity contribution in [2.75, 3.05) is 6.54 Å². The maximum Gasteiger partial charge on any atom is 0.573 e. The summed E-state index contributed by atoms with van der Waals surface area (Å²) < 4.78 is 70.4. The summed E-state index contributed by atoms with van der Waals surface area (Å²) in [6.07, 6.45) is 0.0556. The van der Waals surface area contributed by atoms with Gasteiger partial charge in [-0.2, -0.15) is 0 Å². The van der Waals surface area contributed by atoms with E-state index in [1.165, 1.54) is 4.68 Å². The molecule has 0 spiro atoms. The Bertz CT molecular complexity index is 1250. The van der Waals surface area contributed by atoms with E-state index in [2.05, 4.69) is 19.5 Å². The van der Waals surface area contributed by atoms with E-state index in [0.29, 0.717) is 11.4 Å². The quantitative estimate of drug-likeness (QED) is 0.543. The molecule has 1 saturated carbocycles. The van der Waals surface area contributed by atoms with Gasteiger partial charge in [-0.05, 0) is 49.2 Å². The largest absolute Gasteiger partial charge is 0.573 e. The van der Waals surface area contributed by atoms with E-state index in [9.17, 15) is 26.4 Å². The van der Waals surface area contributed by atoms with E-state index < -0.39 is 22.1 Å². The number of benzene rings is 1. The average molecular weight is 469 g/mol. The van der Waals surface area contributed by atoms with E-state index in [4.69, 9.17) is 0 Å². The molecule has 1 N–H and O–H groups in total. The zero-order chi connectivity index (χ0) is 22.9. The highest BCUT2D eigenvalue weighted by Crippen LogP contribution is 2.36. The summed E-state index contributed by atoms with van der Waals surface area (Å²) in [5.41, 5.74) is 0.330. The number of nitrogens with zero attached hydrogens (tertiary/aromatic N) is 4. The third kappa shape index (κ3) is 4.99. The predicted molar refractivity (Wildman–Crippen MR) is 106 cm³/mol. The number of nitrogens with one attached hydrogen (secondary N) is 1. The zero-order valence-electron chi connectivity index (χ0n) is 16.5. The molecule has 2 heterocycles. The minimum atomic E-state index is -4.87. The van der Waals surface area contributed by atoms with Crippen LogP contribution in [0, 0.1) is 0 Å². The van der Waals surface area contributed by atoms with Crippen LogP contribution in [-0.2, 0) is 16.6 Å². The number of pyridine rings is 1. The third-order valence-electron chi connectivity index (χ3n) is 4.69. The van der Waals surface area contributed by atoms with Crippen LogP contribution in [-0.4, -0.2) is 40.7 Å². The molecule has 0 atom stereocenters. The monoisotopic (exact) mass is 469 g/mol. The number of aromatic nitrogens is 4. The van der Waals surface area contributed by atoms with Gasteiger partial charge in [-0.1, -0.05) is 0 Å². The van der Waals surface area contributed by atoms with Crippen molar-refractivity contribution in [1.82, 2.24) is 24.1 Å². The number of rotatable bonds is 8. The van der Waals surface area contributed by atoms with Gasteiger partial charge in [0.15, 0.2) is 5.82 Å². The molecule has 1 aromatic carbocycles. The zero-order valence-corrected chi connectivity index (χ0v) is 17.3. The lowest BCUT2D eigenvalue weighted by Gasteiger charge is -2.10. The highest BCUT2D eigenvalue weighted by atomic mass is 32.2. The minimum absolute atomic E-state index is 0.0275. The summed E-state index contributed by atoms with van der Waals surface area (Å²) in [6, 6.07) is 7.38. The van der Waals surface area contributed by atoms with Crippen molar-refractivity contribution in [1.29, 1.82) is 0 Å². The highest BCUT2D eigenvalue weighted by Gasteiger charge is 2.32. The molecule has 13 heteroatoms. The Morgan fingerprint density at radius 1 is 1.16 bits per heavy atom. The van der Waals surface area contributed by atoms with Gasteiger partial charge >= 0.3 is 12.1 Å². The predicted octanol–water partition coefficient (Wildman–Crippen LogP) is 2.32. The second-order valence-electron chi connectivity index (χ2n) is 7.09. The molecule has 170 valence electrons. The van der Waals surface area contributed by atoms with E-state index in [1.807, 2.05) is 0 Å². The molecule has 0 radical (unpaired) electrons. The van der Waals surface area contributed by atoms with E-state index >= 15 is 0 Å². The van der Waals surface area contributed by atoms with Gasteiger partial charge in [0.25, 0.3) is 0 Å². The molecule has 0 amide bonds. The number of hydrogen-bond donors (Lipinski definition) is 1. The molecule has 0 bridgehead atoms. The van der Waals surface area contributed by atoms with Crippen LogP contribution in [0.2, 0.25) is 0 Å². The molecule has 0 aliphatic heterocycles. The van der Waals surface area contributed by atoms with Crippen LogP contribution < -0.4 is 15.1 Å². The van der Waals surface area contributed by atoms with Gasteiger partial charge in [-0.25, -0.2) is 22.6 Å². The van der Waals surface area contributed by atoms with Crippen molar-refractivity contribution in [2.24, 2.45) is 0 Å². The SMILES string of the molecule is O=c1n(CCNS(=O)(=O)c2ccc(OC(F)(F)F)cc2)nc(-c2cccnc2)n1C1CC1. The lowest BCUT2D eigenvalue weighted by molar-refractivity contribution is -0.274. The molecule has 0 saturated heterocycles. The standard InChI is InChI=1S/C19H18F3N5O4S/c20-19(21,22)31-15-5-7-16(8-6-15)32(29,30)24-10-11-26-18(28)27(14-3-4-14)17(25-26)13-2-1-9-23-12-13/h1-2,5-9,12,14,24H,3-4,10-11H2. The van der Waals surface area contributed by atoms with Gasteiger partial charge in [0.1, 0.15) is 5.75 Å². The fourth-order valence-electron chi connectivity index (χ4n) is 3.11. The maximum atomic E-state index is 12.8. The average Bonchev–Trinajstić information content (AvgIpc) is 3.52. The number of hydrogen-bond acceptors (Lipinski definition) is 6. The fraction of sp³-hybridized carbons (Fsp3) is 0.316. The number of halogens is 3. The summed E-state index contributed by atoms with van der Waals surface area (Å²) in [6.45, 7) is -0.169. The van der Waals surface area contributed by atoms with Crippen molar-refractivity contribution < 1.29 is 26.3 Å². The second kappa shape index (κ2) is 8.39. The topological polar surface area (TPSA) is 108 Å². The smallest absolute Gasteiger partial charge is 0.406 e. The lowest BCUT2D eigenvalue weighted by Crippen LogP contribution is -2.32. The van der Waals surface area contributed by atoms with Crippen LogP contribution in [0.3, 0.4) is 0 Å². The van der Waals surface area contributed by atoms with Gasteiger partial charge in [0.2, 0.25) is 10.0 Å². The van der Waals surface area contributed by atoms with Gasteiger partial charge in [-0.15, -0.1) is 18.3 Å². The van der Waals surface area contributed by atoms with E-state index in [-0.39, 0.29) is 29.7 Å². The molecule has 32 heavy (non-hydrogen) atoms. The maximum absolute atomic E-state index is 12.8. The molecular formula is C19H18F3N5O4S. The number of ether oxygens (including phenoxy) is 1. The Morgan fingerprint density at radius 3 is 2.47 bits per heavy atom. The van der Waals surface area contributed by atoms with Crippen molar-refractivity contribution in [3.05, 3.63) is 59.3 Å². The second-order valence-corrected chi connectivity index (χ2v) is 8.86. The van der Waals surface area contributed by atoms with Crippen LogP contribution in [0.5, 0.6) is 5.75 Å². The minimum Gasteiger partial charge on any atom is -0.406 e. The first-order valence-corrected chi connectivity index (χ1v) is 11.1. The molecule has 0 unspecified atom stereocenters. The van der Waals surface area contributed by atoms with Crippen molar-refractivity contribution in [3.8, 4) is 17.1 Å². The lowest BCUT2D eigenvalue weighted by atomic mass is 10.3. The summed E-state index contributed by atoms with van der Waals surface area (Å²) in [5, 5.41) is 4.35. The van der Waals surface area contributed by atoms with Gasteiger partial charge in [-0.3, -0.25) is 9.55 Å². The molecule has 2 aromatic heterocycles. The molecule has 1 aliphatic carbocycles. The first kappa shape index (κ1) is 22.0. The third-order valence-corrected chi connectivity index (χ3v) is 6.16. The molecule has 1 fully saturated rings. The van der Waals surface area contributed by atoms with Gasteiger partial charge in [0, 0.05) is 30.5 Å². The summed E-state index contributed by atoms with van der Waals surface area (Å²) in [4.78, 5) is 16.6. The van der Waals surface area contributed by atoms with E-state index in [1.54, 1.807) is 29.1 Å². The Kier molecular flexibility index (Phi) is 5.77. The number of sulfonamides is 1. The highest BCUT2D eigenvalue weighted by molar-refractivity contribution is 7.89.